The Balaban J connectivity index is 1.54. The van der Waals surface area contributed by atoms with Crippen molar-refractivity contribution in [2.75, 3.05) is 30.9 Å². The van der Waals surface area contributed by atoms with Crippen molar-refractivity contribution in [1.82, 2.24) is 14.9 Å². The van der Waals surface area contributed by atoms with E-state index in [4.69, 9.17) is 11.6 Å². The molecule has 2 amide bonds. The summed E-state index contributed by atoms with van der Waals surface area (Å²) in [4.78, 5) is 30.9. The highest BCUT2D eigenvalue weighted by molar-refractivity contribution is 6.29. The summed E-state index contributed by atoms with van der Waals surface area (Å²) in [7, 11) is 3.91. The first-order chi connectivity index (χ1) is 14.3. The number of anilines is 2. The van der Waals surface area contributed by atoms with Gasteiger partial charge in [-0.1, -0.05) is 0 Å². The maximum atomic E-state index is 12.4. The van der Waals surface area contributed by atoms with Crippen molar-refractivity contribution < 1.29 is 9.59 Å². The summed E-state index contributed by atoms with van der Waals surface area (Å²) < 4.78 is 1.91. The standard InChI is InChI=1S/C22H26ClN5O2/c1-14(2)28-19-10-5-15(13-18(19)26-22(28)23)21(30)24-12-11-20(29)25-16-6-8-17(9-7-16)27(3)4/h5-10,13-14H,11-12H2,1-4H3,(H,24,30)(H,25,29). The van der Waals surface area contributed by atoms with Crippen LogP contribution in [0, 0.1) is 0 Å². The number of carbonyl (C=O) groups is 2. The van der Waals surface area contributed by atoms with Gasteiger partial charge in [-0.15, -0.1) is 0 Å². The number of aromatic nitrogens is 2. The lowest BCUT2D eigenvalue weighted by atomic mass is 10.2. The van der Waals surface area contributed by atoms with Crippen molar-refractivity contribution in [3.8, 4) is 0 Å². The van der Waals surface area contributed by atoms with E-state index >= 15 is 0 Å². The Morgan fingerprint density at radius 2 is 1.83 bits per heavy atom. The van der Waals surface area contributed by atoms with E-state index in [2.05, 4.69) is 15.6 Å². The molecule has 0 unspecified atom stereocenters. The lowest BCUT2D eigenvalue weighted by Gasteiger charge is -2.13. The van der Waals surface area contributed by atoms with Crippen LogP contribution in [0.25, 0.3) is 11.0 Å². The summed E-state index contributed by atoms with van der Waals surface area (Å²) in [6, 6.07) is 13.0. The largest absolute Gasteiger partial charge is 0.378 e. The second-order valence-electron chi connectivity index (χ2n) is 7.54. The molecular formula is C22H26ClN5O2. The predicted molar refractivity (Wildman–Crippen MR) is 121 cm³/mol. The Bertz CT molecular complexity index is 1060. The number of nitrogens with one attached hydrogen (secondary N) is 2. The van der Waals surface area contributed by atoms with Gasteiger partial charge in [0, 0.05) is 50.0 Å². The third-order valence-corrected chi connectivity index (χ3v) is 5.00. The molecule has 0 radical (unpaired) electrons. The molecule has 2 aromatic carbocycles. The zero-order chi connectivity index (χ0) is 21.8. The summed E-state index contributed by atoms with van der Waals surface area (Å²) in [5, 5.41) is 6.00. The third kappa shape index (κ3) is 4.91. The average molecular weight is 428 g/mol. The fourth-order valence-corrected chi connectivity index (χ4v) is 3.54. The summed E-state index contributed by atoms with van der Waals surface area (Å²) in [5.41, 5.74) is 3.80. The van der Waals surface area contributed by atoms with E-state index in [1.54, 1.807) is 12.1 Å². The van der Waals surface area contributed by atoms with Gasteiger partial charge in [0.1, 0.15) is 0 Å². The Morgan fingerprint density at radius 3 is 2.47 bits per heavy atom. The van der Waals surface area contributed by atoms with Gasteiger partial charge in [0.25, 0.3) is 5.91 Å². The summed E-state index contributed by atoms with van der Waals surface area (Å²) in [6.45, 7) is 4.28. The summed E-state index contributed by atoms with van der Waals surface area (Å²) in [6.07, 6.45) is 0.178. The van der Waals surface area contributed by atoms with Gasteiger partial charge >= 0.3 is 0 Å². The van der Waals surface area contributed by atoms with Gasteiger partial charge in [0.15, 0.2) is 0 Å². The first kappa shape index (κ1) is 21.6. The van der Waals surface area contributed by atoms with Gasteiger partial charge in [-0.05, 0) is 67.9 Å². The lowest BCUT2D eigenvalue weighted by molar-refractivity contribution is -0.116. The molecule has 158 valence electrons. The molecule has 7 nitrogen and oxygen atoms in total. The van der Waals surface area contributed by atoms with Gasteiger partial charge in [-0.3, -0.25) is 9.59 Å². The molecule has 0 saturated heterocycles. The maximum absolute atomic E-state index is 12.4. The molecule has 0 atom stereocenters. The van der Waals surface area contributed by atoms with Gasteiger partial charge in [-0.25, -0.2) is 4.98 Å². The van der Waals surface area contributed by atoms with Crippen LogP contribution in [0.15, 0.2) is 42.5 Å². The molecule has 8 heteroatoms. The Morgan fingerprint density at radius 1 is 1.13 bits per heavy atom. The zero-order valence-electron chi connectivity index (χ0n) is 17.6. The summed E-state index contributed by atoms with van der Waals surface area (Å²) >= 11 is 6.21. The van der Waals surface area contributed by atoms with Crippen LogP contribution in [0.3, 0.4) is 0 Å². The van der Waals surface area contributed by atoms with E-state index in [1.807, 2.05) is 67.7 Å². The second kappa shape index (κ2) is 9.17. The van der Waals surface area contributed by atoms with Crippen LogP contribution in [0.1, 0.15) is 36.7 Å². The molecule has 0 aliphatic carbocycles. The Kier molecular flexibility index (Phi) is 6.62. The highest BCUT2D eigenvalue weighted by Gasteiger charge is 2.14. The van der Waals surface area contributed by atoms with Gasteiger partial charge in [-0.2, -0.15) is 0 Å². The molecule has 0 aliphatic rings. The van der Waals surface area contributed by atoms with Crippen molar-refractivity contribution in [1.29, 1.82) is 0 Å². The minimum Gasteiger partial charge on any atom is -0.378 e. The number of hydrogen-bond donors (Lipinski definition) is 2. The minimum absolute atomic E-state index is 0.161. The van der Waals surface area contributed by atoms with Crippen LogP contribution in [-0.2, 0) is 4.79 Å². The average Bonchev–Trinajstić information content (AvgIpc) is 3.03. The highest BCUT2D eigenvalue weighted by Crippen LogP contribution is 2.25. The van der Waals surface area contributed by atoms with Crippen LogP contribution < -0.4 is 15.5 Å². The molecule has 2 N–H and O–H groups in total. The zero-order valence-corrected chi connectivity index (χ0v) is 18.3. The first-order valence-electron chi connectivity index (χ1n) is 9.79. The summed E-state index contributed by atoms with van der Waals surface area (Å²) in [5.74, 6) is -0.416. The second-order valence-corrected chi connectivity index (χ2v) is 7.88. The van der Waals surface area contributed by atoms with Crippen LogP contribution in [0.4, 0.5) is 11.4 Å². The normalized spacial score (nSPS) is 11.0. The number of benzene rings is 2. The SMILES string of the molecule is CC(C)n1c(Cl)nc2cc(C(=O)NCCC(=O)Nc3ccc(N(C)C)cc3)ccc21. The van der Waals surface area contributed by atoms with Gasteiger partial charge in [0.05, 0.1) is 11.0 Å². The first-order valence-corrected chi connectivity index (χ1v) is 10.2. The third-order valence-electron chi connectivity index (χ3n) is 4.73. The van der Waals surface area contributed by atoms with E-state index < -0.39 is 0 Å². The molecule has 0 spiro atoms. The van der Waals surface area contributed by atoms with Crippen molar-refractivity contribution in [3.05, 3.63) is 53.3 Å². The van der Waals surface area contributed by atoms with E-state index in [0.717, 1.165) is 16.9 Å². The van der Waals surface area contributed by atoms with E-state index in [1.165, 1.54) is 0 Å². The monoisotopic (exact) mass is 427 g/mol. The van der Waals surface area contributed by atoms with E-state index in [9.17, 15) is 9.59 Å². The molecular weight excluding hydrogens is 402 g/mol. The molecule has 30 heavy (non-hydrogen) atoms. The van der Waals surface area contributed by atoms with E-state index in [-0.39, 0.29) is 30.8 Å². The molecule has 0 aliphatic heterocycles. The highest BCUT2D eigenvalue weighted by atomic mass is 35.5. The van der Waals surface area contributed by atoms with Crippen LogP contribution >= 0.6 is 11.6 Å². The molecule has 3 aromatic rings. The lowest BCUT2D eigenvalue weighted by Crippen LogP contribution is -2.27. The number of nitrogens with zero attached hydrogens (tertiary/aromatic N) is 3. The number of fused-ring (bicyclic) bond motifs is 1. The number of carbonyl (C=O) groups excluding carboxylic acids is 2. The Labute approximate surface area is 181 Å². The van der Waals surface area contributed by atoms with Crippen molar-refractivity contribution >= 4 is 45.8 Å². The quantitative estimate of drug-likeness (QED) is 0.595. The molecule has 0 bridgehead atoms. The van der Waals surface area contributed by atoms with Crippen LogP contribution in [0.5, 0.6) is 0 Å². The van der Waals surface area contributed by atoms with Crippen LogP contribution in [-0.4, -0.2) is 42.0 Å². The molecule has 0 fully saturated rings. The number of hydrogen-bond acceptors (Lipinski definition) is 4. The smallest absolute Gasteiger partial charge is 0.251 e. The maximum Gasteiger partial charge on any atom is 0.251 e. The molecule has 3 rings (SSSR count). The fourth-order valence-electron chi connectivity index (χ4n) is 3.16. The number of imidazole rings is 1. The number of amides is 2. The molecule has 0 saturated carbocycles. The van der Waals surface area contributed by atoms with Gasteiger partial charge in [0.2, 0.25) is 11.2 Å². The van der Waals surface area contributed by atoms with Crippen molar-refractivity contribution in [3.63, 3.8) is 0 Å². The molecule has 1 heterocycles. The van der Waals surface area contributed by atoms with Crippen LogP contribution in [0.2, 0.25) is 5.28 Å². The minimum atomic E-state index is -0.254. The van der Waals surface area contributed by atoms with Crippen molar-refractivity contribution in [2.45, 2.75) is 26.3 Å². The fraction of sp³-hybridized carbons (Fsp3) is 0.318. The van der Waals surface area contributed by atoms with E-state index in [0.29, 0.717) is 16.4 Å². The number of rotatable bonds is 7. The molecule has 1 aromatic heterocycles. The van der Waals surface area contributed by atoms with Gasteiger partial charge < -0.3 is 20.1 Å². The predicted octanol–water partition coefficient (Wildman–Crippen LogP) is 4.10. The number of halogens is 1. The Hall–Kier alpha value is -3.06. The van der Waals surface area contributed by atoms with Crippen molar-refractivity contribution in [2.24, 2.45) is 0 Å². The topological polar surface area (TPSA) is 79.3 Å².